The standard InChI is InChI=1S/C8H16N2O2/c1-7(9)6-8(11)12-5-4-10(2)3/h6H,4-5,9H2,1-3H3/b7-6-. The maximum Gasteiger partial charge on any atom is 0.332 e. The first kappa shape index (κ1) is 11.0. The summed E-state index contributed by atoms with van der Waals surface area (Å²) in [4.78, 5) is 12.8. The van der Waals surface area contributed by atoms with Gasteiger partial charge >= 0.3 is 5.97 Å². The summed E-state index contributed by atoms with van der Waals surface area (Å²) in [7, 11) is 3.83. The molecule has 0 bridgehead atoms. The van der Waals surface area contributed by atoms with Gasteiger partial charge in [-0.2, -0.15) is 0 Å². The molecule has 0 aromatic carbocycles. The van der Waals surface area contributed by atoms with E-state index in [1.54, 1.807) is 6.92 Å². The number of carbonyl (C=O) groups is 1. The second kappa shape index (κ2) is 5.60. The van der Waals surface area contributed by atoms with Crippen LogP contribution in [-0.4, -0.2) is 38.1 Å². The van der Waals surface area contributed by atoms with Crippen LogP contribution in [0.15, 0.2) is 11.8 Å². The van der Waals surface area contributed by atoms with Crippen molar-refractivity contribution in [3.63, 3.8) is 0 Å². The highest BCUT2D eigenvalue weighted by molar-refractivity contribution is 5.82. The molecular formula is C8H16N2O2. The molecule has 12 heavy (non-hydrogen) atoms. The quantitative estimate of drug-likeness (QED) is 0.477. The van der Waals surface area contributed by atoms with Gasteiger partial charge in [-0.15, -0.1) is 0 Å². The molecule has 0 aromatic rings. The highest BCUT2D eigenvalue weighted by Crippen LogP contribution is 1.85. The number of ether oxygens (including phenoxy) is 1. The summed E-state index contributed by atoms with van der Waals surface area (Å²) < 4.78 is 4.83. The van der Waals surface area contributed by atoms with Crippen LogP contribution < -0.4 is 5.73 Å². The van der Waals surface area contributed by atoms with Crippen LogP contribution in [-0.2, 0) is 9.53 Å². The lowest BCUT2D eigenvalue weighted by Gasteiger charge is -2.08. The average Bonchev–Trinajstić information content (AvgIpc) is 1.84. The normalized spacial score (nSPS) is 11.8. The van der Waals surface area contributed by atoms with Crippen molar-refractivity contribution in [1.82, 2.24) is 4.90 Å². The minimum Gasteiger partial charge on any atom is -0.461 e. The molecule has 0 aromatic heterocycles. The van der Waals surface area contributed by atoms with E-state index in [9.17, 15) is 4.79 Å². The van der Waals surface area contributed by atoms with Crippen LogP contribution in [0, 0.1) is 0 Å². The van der Waals surface area contributed by atoms with Crippen molar-refractivity contribution in [2.24, 2.45) is 5.73 Å². The van der Waals surface area contributed by atoms with Crippen LogP contribution in [0.5, 0.6) is 0 Å². The zero-order chi connectivity index (χ0) is 9.56. The van der Waals surface area contributed by atoms with Crippen molar-refractivity contribution < 1.29 is 9.53 Å². The number of nitrogens with two attached hydrogens (primary N) is 1. The van der Waals surface area contributed by atoms with Crippen LogP contribution in [0.3, 0.4) is 0 Å². The van der Waals surface area contributed by atoms with Crippen LogP contribution in [0.4, 0.5) is 0 Å². The maximum atomic E-state index is 10.8. The summed E-state index contributed by atoms with van der Waals surface area (Å²) >= 11 is 0. The van der Waals surface area contributed by atoms with Gasteiger partial charge in [0.1, 0.15) is 6.61 Å². The SMILES string of the molecule is C/C(N)=C/C(=O)OCCN(C)C. The lowest BCUT2D eigenvalue weighted by molar-refractivity contribution is -0.138. The zero-order valence-corrected chi connectivity index (χ0v) is 7.83. The minimum atomic E-state index is -0.378. The Balaban J connectivity index is 3.52. The number of hydrogen-bond donors (Lipinski definition) is 1. The first-order chi connectivity index (χ1) is 5.52. The van der Waals surface area contributed by atoms with E-state index in [-0.39, 0.29) is 5.97 Å². The van der Waals surface area contributed by atoms with Gasteiger partial charge in [0.2, 0.25) is 0 Å². The van der Waals surface area contributed by atoms with Crippen LogP contribution >= 0.6 is 0 Å². The Labute approximate surface area is 73.0 Å². The molecule has 0 fully saturated rings. The topological polar surface area (TPSA) is 55.6 Å². The van der Waals surface area contributed by atoms with Gasteiger partial charge in [-0.25, -0.2) is 4.79 Å². The van der Waals surface area contributed by atoms with Crippen molar-refractivity contribution in [3.8, 4) is 0 Å². The van der Waals surface area contributed by atoms with Gasteiger partial charge in [0.05, 0.1) is 0 Å². The zero-order valence-electron chi connectivity index (χ0n) is 7.83. The van der Waals surface area contributed by atoms with Gasteiger partial charge in [-0.05, 0) is 21.0 Å². The van der Waals surface area contributed by atoms with E-state index < -0.39 is 0 Å². The number of hydrogen-bond acceptors (Lipinski definition) is 4. The van der Waals surface area contributed by atoms with E-state index in [2.05, 4.69) is 0 Å². The predicted molar refractivity (Wildman–Crippen MR) is 47.5 cm³/mol. The summed E-state index contributed by atoms with van der Waals surface area (Å²) in [5, 5.41) is 0. The summed E-state index contributed by atoms with van der Waals surface area (Å²) in [6, 6.07) is 0. The maximum absolute atomic E-state index is 10.8. The summed E-state index contributed by atoms with van der Waals surface area (Å²) in [6.07, 6.45) is 1.27. The number of rotatable bonds is 4. The fourth-order valence-electron chi connectivity index (χ4n) is 0.556. The van der Waals surface area contributed by atoms with Crippen LogP contribution in [0.25, 0.3) is 0 Å². The van der Waals surface area contributed by atoms with Gasteiger partial charge in [0.15, 0.2) is 0 Å². The highest BCUT2D eigenvalue weighted by atomic mass is 16.5. The highest BCUT2D eigenvalue weighted by Gasteiger charge is 1.97. The molecule has 0 atom stereocenters. The van der Waals surface area contributed by atoms with Crippen molar-refractivity contribution in [2.75, 3.05) is 27.2 Å². The average molecular weight is 172 g/mol. The van der Waals surface area contributed by atoms with E-state index in [1.165, 1.54) is 6.08 Å². The Kier molecular flexibility index (Phi) is 5.12. The third kappa shape index (κ3) is 7.08. The molecule has 0 saturated carbocycles. The van der Waals surface area contributed by atoms with Crippen LogP contribution in [0.1, 0.15) is 6.92 Å². The van der Waals surface area contributed by atoms with E-state index in [1.807, 2.05) is 19.0 Å². The third-order valence-electron chi connectivity index (χ3n) is 1.13. The largest absolute Gasteiger partial charge is 0.461 e. The third-order valence-corrected chi connectivity index (χ3v) is 1.13. The van der Waals surface area contributed by atoms with E-state index in [4.69, 9.17) is 10.5 Å². The minimum absolute atomic E-state index is 0.378. The summed E-state index contributed by atoms with van der Waals surface area (Å²) in [6.45, 7) is 2.77. The Morgan fingerprint density at radius 3 is 2.58 bits per heavy atom. The van der Waals surface area contributed by atoms with Crippen molar-refractivity contribution in [3.05, 3.63) is 11.8 Å². The van der Waals surface area contributed by atoms with E-state index >= 15 is 0 Å². The Hall–Kier alpha value is -1.03. The Bertz CT molecular complexity index is 172. The lowest BCUT2D eigenvalue weighted by Crippen LogP contribution is -2.19. The summed E-state index contributed by atoms with van der Waals surface area (Å²) in [5.41, 5.74) is 5.74. The fourth-order valence-corrected chi connectivity index (χ4v) is 0.556. The van der Waals surface area contributed by atoms with Crippen LogP contribution in [0.2, 0.25) is 0 Å². The molecule has 0 aliphatic heterocycles. The van der Waals surface area contributed by atoms with Crippen molar-refractivity contribution in [1.29, 1.82) is 0 Å². The first-order valence-electron chi connectivity index (χ1n) is 3.77. The number of allylic oxidation sites excluding steroid dienone is 1. The number of likely N-dealkylation sites (N-methyl/N-ethyl adjacent to an activating group) is 1. The molecule has 4 nitrogen and oxygen atoms in total. The number of nitrogens with zero attached hydrogens (tertiary/aromatic N) is 1. The van der Waals surface area contributed by atoms with Crippen molar-refractivity contribution in [2.45, 2.75) is 6.92 Å². The molecule has 0 spiro atoms. The molecule has 0 aliphatic carbocycles. The fraction of sp³-hybridized carbons (Fsp3) is 0.625. The molecule has 2 N–H and O–H groups in total. The Morgan fingerprint density at radius 2 is 2.17 bits per heavy atom. The lowest BCUT2D eigenvalue weighted by atomic mass is 10.4. The van der Waals surface area contributed by atoms with E-state index in [0.717, 1.165) is 6.54 Å². The molecule has 4 heteroatoms. The molecule has 0 saturated heterocycles. The summed E-state index contributed by atoms with van der Waals surface area (Å²) in [5.74, 6) is -0.378. The molecule has 0 heterocycles. The smallest absolute Gasteiger partial charge is 0.332 e. The molecule has 0 unspecified atom stereocenters. The molecule has 0 radical (unpaired) electrons. The molecular weight excluding hydrogens is 156 g/mol. The number of esters is 1. The van der Waals surface area contributed by atoms with Gasteiger partial charge in [-0.3, -0.25) is 0 Å². The molecule has 0 aliphatic rings. The first-order valence-corrected chi connectivity index (χ1v) is 3.77. The van der Waals surface area contributed by atoms with Gasteiger partial charge in [0.25, 0.3) is 0 Å². The van der Waals surface area contributed by atoms with Gasteiger partial charge in [-0.1, -0.05) is 0 Å². The number of carbonyl (C=O) groups excluding carboxylic acids is 1. The second-order valence-electron chi connectivity index (χ2n) is 2.86. The molecule has 0 rings (SSSR count). The molecule has 0 amide bonds. The predicted octanol–water partition coefficient (Wildman–Crippen LogP) is -0.0463. The Morgan fingerprint density at radius 1 is 1.58 bits per heavy atom. The second-order valence-corrected chi connectivity index (χ2v) is 2.86. The monoisotopic (exact) mass is 172 g/mol. The molecule has 70 valence electrons. The van der Waals surface area contributed by atoms with Gasteiger partial charge < -0.3 is 15.4 Å². The van der Waals surface area contributed by atoms with Gasteiger partial charge in [0, 0.05) is 18.3 Å². The van der Waals surface area contributed by atoms with E-state index in [0.29, 0.717) is 12.3 Å². The van der Waals surface area contributed by atoms with Crippen molar-refractivity contribution >= 4 is 5.97 Å².